The van der Waals surface area contributed by atoms with Gasteiger partial charge in [0.05, 0.1) is 6.54 Å². The predicted molar refractivity (Wildman–Crippen MR) is 70.2 cm³/mol. The van der Waals surface area contributed by atoms with Gasteiger partial charge in [-0.25, -0.2) is 0 Å². The van der Waals surface area contributed by atoms with Gasteiger partial charge in [-0.05, 0) is 18.6 Å². The van der Waals surface area contributed by atoms with Crippen molar-refractivity contribution in [1.29, 1.82) is 0 Å². The summed E-state index contributed by atoms with van der Waals surface area (Å²) in [5.74, 6) is -1.39. The maximum absolute atomic E-state index is 11.7. The lowest BCUT2D eigenvalue weighted by Gasteiger charge is -2.13. The van der Waals surface area contributed by atoms with Gasteiger partial charge >= 0.3 is 0 Å². The van der Waals surface area contributed by atoms with Gasteiger partial charge in [-0.3, -0.25) is 14.4 Å². The molecule has 0 heterocycles. The molecule has 0 aliphatic rings. The molecule has 0 unspecified atom stereocenters. The van der Waals surface area contributed by atoms with Gasteiger partial charge in [0.25, 0.3) is 5.91 Å². The SMILES string of the molecule is CC[C@@H](NC(=O)CNC(=O)c1ccccc1)C(N)=O. The van der Waals surface area contributed by atoms with Crippen LogP contribution in [0, 0.1) is 0 Å². The molecule has 0 aliphatic heterocycles. The molecule has 0 aromatic heterocycles. The molecule has 1 rings (SSSR count). The topological polar surface area (TPSA) is 101 Å². The Bertz CT molecular complexity index is 459. The fourth-order valence-corrected chi connectivity index (χ4v) is 1.47. The highest BCUT2D eigenvalue weighted by Gasteiger charge is 2.16. The van der Waals surface area contributed by atoms with Gasteiger partial charge in [-0.2, -0.15) is 0 Å². The van der Waals surface area contributed by atoms with E-state index in [1.807, 2.05) is 0 Å². The molecule has 0 aliphatic carbocycles. The van der Waals surface area contributed by atoms with Crippen molar-refractivity contribution in [2.45, 2.75) is 19.4 Å². The normalized spacial score (nSPS) is 11.4. The Labute approximate surface area is 111 Å². The first kappa shape index (κ1) is 14.7. The lowest BCUT2D eigenvalue weighted by molar-refractivity contribution is -0.126. The molecular weight excluding hydrogens is 246 g/mol. The van der Waals surface area contributed by atoms with Gasteiger partial charge < -0.3 is 16.4 Å². The minimum Gasteiger partial charge on any atom is -0.368 e. The van der Waals surface area contributed by atoms with Crippen molar-refractivity contribution in [3.05, 3.63) is 35.9 Å². The summed E-state index contributed by atoms with van der Waals surface area (Å²) < 4.78 is 0. The number of amides is 3. The van der Waals surface area contributed by atoms with Crippen LogP contribution in [0.3, 0.4) is 0 Å². The van der Waals surface area contributed by atoms with Crippen molar-refractivity contribution in [2.24, 2.45) is 5.73 Å². The Morgan fingerprint density at radius 3 is 2.37 bits per heavy atom. The summed E-state index contributed by atoms with van der Waals surface area (Å²) in [6.07, 6.45) is 0.410. The zero-order chi connectivity index (χ0) is 14.3. The number of carbonyl (C=O) groups excluding carboxylic acids is 3. The number of primary amides is 1. The Hall–Kier alpha value is -2.37. The maximum atomic E-state index is 11.7. The summed E-state index contributed by atoms with van der Waals surface area (Å²) in [5.41, 5.74) is 5.57. The van der Waals surface area contributed by atoms with Gasteiger partial charge in [0, 0.05) is 5.56 Å². The molecule has 0 saturated carbocycles. The standard InChI is InChI=1S/C13H17N3O3/c1-2-10(12(14)18)16-11(17)8-15-13(19)9-6-4-3-5-7-9/h3-7,10H,2,8H2,1H3,(H2,14,18)(H,15,19)(H,16,17)/t10-/m1/s1. The van der Waals surface area contributed by atoms with Crippen molar-refractivity contribution in [1.82, 2.24) is 10.6 Å². The molecular formula is C13H17N3O3. The highest BCUT2D eigenvalue weighted by Crippen LogP contribution is 1.97. The van der Waals surface area contributed by atoms with Crippen LogP contribution in [0.25, 0.3) is 0 Å². The zero-order valence-electron chi connectivity index (χ0n) is 10.7. The largest absolute Gasteiger partial charge is 0.368 e. The molecule has 0 fully saturated rings. The van der Waals surface area contributed by atoms with Crippen LogP contribution in [0.1, 0.15) is 23.7 Å². The van der Waals surface area contributed by atoms with E-state index in [1.54, 1.807) is 37.3 Å². The third-order valence-electron chi connectivity index (χ3n) is 2.53. The number of nitrogens with two attached hydrogens (primary N) is 1. The number of carbonyl (C=O) groups is 3. The van der Waals surface area contributed by atoms with E-state index in [0.29, 0.717) is 12.0 Å². The van der Waals surface area contributed by atoms with E-state index >= 15 is 0 Å². The van der Waals surface area contributed by atoms with E-state index in [9.17, 15) is 14.4 Å². The van der Waals surface area contributed by atoms with E-state index in [-0.39, 0.29) is 12.5 Å². The van der Waals surface area contributed by atoms with Crippen molar-refractivity contribution in [3.63, 3.8) is 0 Å². The lowest BCUT2D eigenvalue weighted by Crippen LogP contribution is -2.47. The van der Waals surface area contributed by atoms with Crippen LogP contribution in [0.2, 0.25) is 0 Å². The van der Waals surface area contributed by atoms with E-state index in [2.05, 4.69) is 10.6 Å². The number of hydrogen-bond acceptors (Lipinski definition) is 3. The fourth-order valence-electron chi connectivity index (χ4n) is 1.47. The number of nitrogens with one attached hydrogen (secondary N) is 2. The Morgan fingerprint density at radius 2 is 1.84 bits per heavy atom. The van der Waals surface area contributed by atoms with Crippen LogP contribution in [-0.2, 0) is 9.59 Å². The van der Waals surface area contributed by atoms with Gasteiger partial charge in [0.15, 0.2) is 0 Å². The Kier molecular flexibility index (Phi) is 5.53. The first-order valence-electron chi connectivity index (χ1n) is 5.96. The van der Waals surface area contributed by atoms with Crippen molar-refractivity contribution in [2.75, 3.05) is 6.54 Å². The summed E-state index contributed by atoms with van der Waals surface area (Å²) in [6, 6.07) is 7.84. The second-order valence-corrected chi connectivity index (χ2v) is 3.98. The molecule has 1 atom stereocenters. The summed E-state index contributed by atoms with van der Waals surface area (Å²) in [5, 5.41) is 4.91. The Morgan fingerprint density at radius 1 is 1.21 bits per heavy atom. The van der Waals surface area contributed by atoms with Crippen LogP contribution >= 0.6 is 0 Å². The molecule has 19 heavy (non-hydrogen) atoms. The third-order valence-corrected chi connectivity index (χ3v) is 2.53. The monoisotopic (exact) mass is 263 g/mol. The van der Waals surface area contributed by atoms with E-state index in [4.69, 9.17) is 5.73 Å². The van der Waals surface area contributed by atoms with Gasteiger partial charge in [-0.15, -0.1) is 0 Å². The second kappa shape index (κ2) is 7.15. The van der Waals surface area contributed by atoms with Crippen LogP contribution in [0.4, 0.5) is 0 Å². The quantitative estimate of drug-likeness (QED) is 0.662. The summed E-state index contributed by atoms with van der Waals surface area (Å²) in [4.78, 5) is 34.1. The van der Waals surface area contributed by atoms with Gasteiger partial charge in [-0.1, -0.05) is 25.1 Å². The molecule has 6 heteroatoms. The molecule has 6 nitrogen and oxygen atoms in total. The highest BCUT2D eigenvalue weighted by atomic mass is 16.2. The summed E-state index contributed by atoms with van der Waals surface area (Å²) in [7, 11) is 0. The van der Waals surface area contributed by atoms with Crippen molar-refractivity contribution >= 4 is 17.7 Å². The summed E-state index contributed by atoms with van der Waals surface area (Å²) >= 11 is 0. The smallest absolute Gasteiger partial charge is 0.251 e. The van der Waals surface area contributed by atoms with Crippen LogP contribution in [0.5, 0.6) is 0 Å². The molecule has 102 valence electrons. The molecule has 1 aromatic carbocycles. The van der Waals surface area contributed by atoms with Crippen molar-refractivity contribution < 1.29 is 14.4 Å². The minimum absolute atomic E-state index is 0.197. The van der Waals surface area contributed by atoms with E-state index < -0.39 is 17.9 Å². The van der Waals surface area contributed by atoms with Crippen LogP contribution < -0.4 is 16.4 Å². The Balaban J connectivity index is 2.42. The van der Waals surface area contributed by atoms with Crippen LogP contribution in [0.15, 0.2) is 30.3 Å². The average Bonchev–Trinajstić information content (AvgIpc) is 2.42. The molecule has 0 bridgehead atoms. The molecule has 0 spiro atoms. The number of hydrogen-bond donors (Lipinski definition) is 3. The fraction of sp³-hybridized carbons (Fsp3) is 0.308. The van der Waals surface area contributed by atoms with Crippen LogP contribution in [-0.4, -0.2) is 30.3 Å². The maximum Gasteiger partial charge on any atom is 0.251 e. The first-order valence-corrected chi connectivity index (χ1v) is 5.96. The second-order valence-electron chi connectivity index (χ2n) is 3.98. The van der Waals surface area contributed by atoms with Gasteiger partial charge in [0.1, 0.15) is 6.04 Å². The number of benzene rings is 1. The lowest BCUT2D eigenvalue weighted by atomic mass is 10.2. The zero-order valence-corrected chi connectivity index (χ0v) is 10.7. The molecule has 0 radical (unpaired) electrons. The third kappa shape index (κ3) is 4.79. The van der Waals surface area contributed by atoms with Crippen molar-refractivity contribution in [3.8, 4) is 0 Å². The molecule has 1 aromatic rings. The highest BCUT2D eigenvalue weighted by molar-refractivity contribution is 5.96. The molecule has 4 N–H and O–H groups in total. The molecule has 3 amide bonds. The number of rotatable bonds is 6. The minimum atomic E-state index is -0.707. The van der Waals surface area contributed by atoms with E-state index in [0.717, 1.165) is 0 Å². The molecule has 0 saturated heterocycles. The first-order chi connectivity index (χ1) is 9.04. The average molecular weight is 263 g/mol. The summed E-state index contributed by atoms with van der Waals surface area (Å²) in [6.45, 7) is 1.54. The van der Waals surface area contributed by atoms with E-state index in [1.165, 1.54) is 0 Å². The predicted octanol–water partition coefficient (Wildman–Crippen LogP) is -0.203. The van der Waals surface area contributed by atoms with Gasteiger partial charge in [0.2, 0.25) is 11.8 Å².